The zero-order valence-electron chi connectivity index (χ0n) is 7.87. The van der Waals surface area contributed by atoms with Gasteiger partial charge in [0.25, 0.3) is 0 Å². The Morgan fingerprint density at radius 2 is 2.33 bits per heavy atom. The van der Waals surface area contributed by atoms with Crippen LogP contribution in [0.2, 0.25) is 0 Å². The number of halogens is 2. The second-order valence-electron chi connectivity index (χ2n) is 3.00. The van der Waals surface area contributed by atoms with Crippen molar-refractivity contribution < 1.29 is 5.11 Å². The number of benzene rings is 1. The summed E-state index contributed by atoms with van der Waals surface area (Å²) in [5.74, 6) is 0.208. The molecule has 0 aromatic heterocycles. The lowest BCUT2D eigenvalue weighted by Crippen LogP contribution is -2.21. The van der Waals surface area contributed by atoms with E-state index in [2.05, 4.69) is 34.0 Å². The molecule has 0 spiro atoms. The summed E-state index contributed by atoms with van der Waals surface area (Å²) in [6.07, 6.45) is -0.557. The molecule has 0 saturated carbocycles. The molecule has 0 saturated heterocycles. The van der Waals surface area contributed by atoms with Gasteiger partial charge in [-0.1, -0.05) is 0 Å². The molecule has 3 nitrogen and oxygen atoms in total. The van der Waals surface area contributed by atoms with Gasteiger partial charge >= 0.3 is 0 Å². The third-order valence-corrected chi connectivity index (χ3v) is 3.05. The fraction of sp³-hybridized carbons (Fsp3) is 0.300. The number of nitriles is 1. The Bertz CT molecular complexity index is 378. The van der Waals surface area contributed by atoms with Crippen LogP contribution >= 0.6 is 34.2 Å². The van der Waals surface area contributed by atoms with Crippen LogP contribution in [0.15, 0.2) is 18.2 Å². The first-order valence-corrected chi connectivity index (χ1v) is 5.96. The van der Waals surface area contributed by atoms with E-state index in [4.69, 9.17) is 16.9 Å². The second kappa shape index (κ2) is 6.16. The van der Waals surface area contributed by atoms with Gasteiger partial charge in [0, 0.05) is 15.8 Å². The summed E-state index contributed by atoms with van der Waals surface area (Å²) in [6, 6.07) is 7.41. The molecule has 0 heterocycles. The topological polar surface area (TPSA) is 56.0 Å². The maximum atomic E-state index is 9.26. The van der Waals surface area contributed by atoms with E-state index in [1.165, 1.54) is 0 Å². The number of aliphatic hydroxyl groups is 1. The van der Waals surface area contributed by atoms with Crippen molar-refractivity contribution in [1.29, 1.82) is 5.26 Å². The smallest absolute Gasteiger partial charge is 0.0992 e. The molecule has 5 heteroatoms. The van der Waals surface area contributed by atoms with Gasteiger partial charge in [0.2, 0.25) is 0 Å². The lowest BCUT2D eigenvalue weighted by molar-refractivity contribution is 0.211. The van der Waals surface area contributed by atoms with Crippen molar-refractivity contribution in [2.24, 2.45) is 0 Å². The minimum Gasteiger partial charge on any atom is -0.390 e. The van der Waals surface area contributed by atoms with Crippen LogP contribution < -0.4 is 5.32 Å². The number of aliphatic hydroxyl groups excluding tert-OH is 1. The minimum atomic E-state index is -0.557. The van der Waals surface area contributed by atoms with E-state index in [-0.39, 0.29) is 5.88 Å². The molecule has 2 N–H and O–H groups in total. The van der Waals surface area contributed by atoms with Gasteiger partial charge in [-0.3, -0.25) is 0 Å². The molecule has 80 valence electrons. The van der Waals surface area contributed by atoms with Crippen molar-refractivity contribution in [2.75, 3.05) is 17.7 Å². The number of rotatable bonds is 4. The van der Waals surface area contributed by atoms with Crippen molar-refractivity contribution in [2.45, 2.75) is 6.10 Å². The third-order valence-electron chi connectivity index (χ3n) is 1.80. The summed E-state index contributed by atoms with van der Waals surface area (Å²) in [5.41, 5.74) is 1.53. The van der Waals surface area contributed by atoms with Crippen LogP contribution in [0.1, 0.15) is 5.56 Å². The summed E-state index contributed by atoms with van der Waals surface area (Å²) in [4.78, 5) is 0. The van der Waals surface area contributed by atoms with E-state index in [9.17, 15) is 5.11 Å². The van der Waals surface area contributed by atoms with Crippen LogP contribution in [0.4, 0.5) is 5.69 Å². The molecular weight excluding hydrogens is 326 g/mol. The molecule has 15 heavy (non-hydrogen) atoms. The van der Waals surface area contributed by atoms with Gasteiger partial charge in [-0.15, -0.1) is 11.6 Å². The Kier molecular flexibility index (Phi) is 5.15. The van der Waals surface area contributed by atoms with Crippen LogP contribution in [-0.4, -0.2) is 23.6 Å². The fourth-order valence-electron chi connectivity index (χ4n) is 1.01. The highest BCUT2D eigenvalue weighted by atomic mass is 127. The zero-order valence-corrected chi connectivity index (χ0v) is 10.8. The first-order valence-electron chi connectivity index (χ1n) is 4.35. The first kappa shape index (κ1) is 12.6. The summed E-state index contributed by atoms with van der Waals surface area (Å²) in [5, 5.41) is 21.0. The van der Waals surface area contributed by atoms with Crippen molar-refractivity contribution in [3.05, 3.63) is 27.3 Å². The van der Waals surface area contributed by atoms with Gasteiger partial charge in [-0.2, -0.15) is 5.26 Å². The molecule has 0 amide bonds. The average molecular weight is 337 g/mol. The van der Waals surface area contributed by atoms with Gasteiger partial charge in [0.1, 0.15) is 0 Å². The molecule has 1 aromatic carbocycles. The van der Waals surface area contributed by atoms with E-state index in [1.54, 1.807) is 12.1 Å². The molecular formula is C10H10ClIN2O. The fourth-order valence-corrected chi connectivity index (χ4v) is 1.83. The predicted octanol–water partition coefficient (Wildman–Crippen LogP) is 2.17. The number of nitrogens with zero attached hydrogens (tertiary/aromatic N) is 1. The van der Waals surface area contributed by atoms with Gasteiger partial charge < -0.3 is 10.4 Å². The molecule has 1 unspecified atom stereocenters. The molecule has 0 fully saturated rings. The number of anilines is 1. The Balaban J connectivity index is 2.67. The van der Waals surface area contributed by atoms with Crippen LogP contribution in [0.25, 0.3) is 0 Å². The Morgan fingerprint density at radius 1 is 1.60 bits per heavy atom. The average Bonchev–Trinajstić information content (AvgIpc) is 2.26. The van der Waals surface area contributed by atoms with Crippen molar-refractivity contribution >= 4 is 39.9 Å². The summed E-state index contributed by atoms with van der Waals surface area (Å²) in [6.45, 7) is 0.408. The number of nitrogens with one attached hydrogen (secondary N) is 1. The summed E-state index contributed by atoms with van der Waals surface area (Å²) in [7, 11) is 0. The van der Waals surface area contributed by atoms with E-state index < -0.39 is 6.10 Å². The van der Waals surface area contributed by atoms with E-state index in [0.717, 1.165) is 9.26 Å². The standard InChI is InChI=1S/C10H10ClIN2O/c11-4-8(15)6-14-10-2-1-7(5-13)3-9(10)12/h1-3,8,14-15H,4,6H2. The SMILES string of the molecule is N#Cc1ccc(NCC(O)CCl)c(I)c1. The van der Waals surface area contributed by atoms with Crippen LogP contribution in [0.5, 0.6) is 0 Å². The Hall–Kier alpha value is -0.510. The van der Waals surface area contributed by atoms with Crippen molar-refractivity contribution in [3.63, 3.8) is 0 Å². The first-order chi connectivity index (χ1) is 7.17. The maximum Gasteiger partial charge on any atom is 0.0992 e. The molecule has 0 aliphatic carbocycles. The minimum absolute atomic E-state index is 0.208. The van der Waals surface area contributed by atoms with Crippen LogP contribution in [0, 0.1) is 14.9 Å². The molecule has 0 radical (unpaired) electrons. The Morgan fingerprint density at radius 3 is 2.87 bits per heavy atom. The van der Waals surface area contributed by atoms with E-state index in [0.29, 0.717) is 12.1 Å². The largest absolute Gasteiger partial charge is 0.390 e. The maximum absolute atomic E-state index is 9.26. The van der Waals surface area contributed by atoms with Gasteiger partial charge in [0.15, 0.2) is 0 Å². The number of hydrogen-bond acceptors (Lipinski definition) is 3. The molecule has 1 aromatic rings. The molecule has 0 bridgehead atoms. The third kappa shape index (κ3) is 3.86. The molecule has 1 atom stereocenters. The molecule has 0 aliphatic heterocycles. The van der Waals surface area contributed by atoms with Gasteiger partial charge in [-0.05, 0) is 40.8 Å². The lowest BCUT2D eigenvalue weighted by Gasteiger charge is -2.11. The predicted molar refractivity (Wildman–Crippen MR) is 69.1 cm³/mol. The monoisotopic (exact) mass is 336 g/mol. The zero-order chi connectivity index (χ0) is 11.3. The van der Waals surface area contributed by atoms with Crippen molar-refractivity contribution in [3.8, 4) is 6.07 Å². The van der Waals surface area contributed by atoms with Crippen molar-refractivity contribution in [1.82, 2.24) is 0 Å². The highest BCUT2D eigenvalue weighted by Crippen LogP contribution is 2.19. The highest BCUT2D eigenvalue weighted by molar-refractivity contribution is 14.1. The summed E-state index contributed by atoms with van der Waals surface area (Å²) >= 11 is 7.61. The highest BCUT2D eigenvalue weighted by Gasteiger charge is 2.04. The molecule has 1 rings (SSSR count). The van der Waals surface area contributed by atoms with Crippen LogP contribution in [-0.2, 0) is 0 Å². The lowest BCUT2D eigenvalue weighted by atomic mass is 10.2. The number of hydrogen-bond donors (Lipinski definition) is 2. The van der Waals surface area contributed by atoms with E-state index >= 15 is 0 Å². The molecule has 0 aliphatic rings. The van der Waals surface area contributed by atoms with Gasteiger partial charge in [0.05, 0.1) is 23.6 Å². The Labute approximate surface area is 107 Å². The van der Waals surface area contributed by atoms with Crippen LogP contribution in [0.3, 0.4) is 0 Å². The summed E-state index contributed by atoms with van der Waals surface area (Å²) < 4.78 is 0.952. The normalized spacial score (nSPS) is 11.9. The number of alkyl halides is 1. The van der Waals surface area contributed by atoms with Gasteiger partial charge in [-0.25, -0.2) is 0 Å². The quantitative estimate of drug-likeness (QED) is 0.654. The van der Waals surface area contributed by atoms with E-state index in [1.807, 2.05) is 6.07 Å². The second-order valence-corrected chi connectivity index (χ2v) is 4.47.